The third-order valence-electron chi connectivity index (χ3n) is 6.53. The van der Waals surface area contributed by atoms with Crippen LogP contribution in [0.25, 0.3) is 0 Å². The molecule has 7 nitrogen and oxygen atoms in total. The van der Waals surface area contributed by atoms with E-state index in [1.165, 1.54) is 12.1 Å². The van der Waals surface area contributed by atoms with Crippen molar-refractivity contribution < 1.29 is 18.0 Å². The molecule has 2 N–H and O–H groups in total. The van der Waals surface area contributed by atoms with E-state index in [0.29, 0.717) is 29.8 Å². The fraction of sp³-hybridized carbons (Fsp3) is 0.192. The molecule has 2 heterocycles. The van der Waals surface area contributed by atoms with Gasteiger partial charge in [-0.15, -0.1) is 0 Å². The van der Waals surface area contributed by atoms with Crippen molar-refractivity contribution in [2.24, 2.45) is 5.14 Å². The number of nitrogens with zero attached hydrogens (tertiary/aromatic N) is 2. The molecule has 1 aliphatic heterocycles. The number of allylic oxidation sites excluding steroid dienone is 2. The number of Topliss-reactive ketones (excluding diaryl/α,β-unsaturated/α-hetero) is 1. The smallest absolute Gasteiger partial charge is 0.238 e. The Hall–Kier alpha value is -3.62. The zero-order valence-corrected chi connectivity index (χ0v) is 19.1. The summed E-state index contributed by atoms with van der Waals surface area (Å²) in [6.45, 7) is 0. The number of rotatable bonds is 4. The largest absolute Gasteiger partial charge is 0.294 e. The fourth-order valence-corrected chi connectivity index (χ4v) is 5.48. The number of ketones is 1. The summed E-state index contributed by atoms with van der Waals surface area (Å²) in [6, 6.07) is 19.4. The maximum absolute atomic E-state index is 13.6. The van der Waals surface area contributed by atoms with Crippen molar-refractivity contribution in [3.05, 3.63) is 102 Å². The standard InChI is InChI=1S/C26H23N3O4S/c27-34(32,33)21-8-6-20(7-9-21)29-23-14-19(17-4-2-1-3-5-17)15-24(30)26(23)22(16-25(29)31)18-10-12-28-13-11-18/h1-13,19,22H,14-16H2,(H2,27,32,33). The van der Waals surface area contributed by atoms with E-state index in [1.54, 1.807) is 29.4 Å². The fourth-order valence-electron chi connectivity index (χ4n) is 4.96. The molecule has 1 amide bonds. The van der Waals surface area contributed by atoms with Crippen molar-refractivity contribution in [2.45, 2.75) is 36.0 Å². The number of carbonyl (C=O) groups is 2. The Labute approximate surface area is 198 Å². The lowest BCUT2D eigenvalue weighted by molar-refractivity contribution is -0.120. The monoisotopic (exact) mass is 473 g/mol. The molecule has 1 aromatic heterocycles. The topological polar surface area (TPSA) is 110 Å². The Morgan fingerprint density at radius 1 is 0.824 bits per heavy atom. The van der Waals surface area contributed by atoms with E-state index in [2.05, 4.69) is 4.98 Å². The number of benzene rings is 2. The third-order valence-corrected chi connectivity index (χ3v) is 7.46. The summed E-state index contributed by atoms with van der Waals surface area (Å²) in [4.78, 5) is 32.7. The average Bonchev–Trinajstić information content (AvgIpc) is 2.84. The second-order valence-electron chi connectivity index (χ2n) is 8.60. The van der Waals surface area contributed by atoms with Crippen LogP contribution in [0.4, 0.5) is 5.69 Å². The maximum atomic E-state index is 13.6. The van der Waals surface area contributed by atoms with Gasteiger partial charge in [0, 0.05) is 48.1 Å². The van der Waals surface area contributed by atoms with Gasteiger partial charge in [-0.1, -0.05) is 30.3 Å². The molecule has 8 heteroatoms. The highest BCUT2D eigenvalue weighted by Crippen LogP contribution is 2.46. The average molecular weight is 474 g/mol. The van der Waals surface area contributed by atoms with Gasteiger partial charge in [0.05, 0.1) is 4.90 Å². The molecule has 2 aromatic carbocycles. The highest BCUT2D eigenvalue weighted by Gasteiger charge is 2.42. The van der Waals surface area contributed by atoms with Gasteiger partial charge in [0.1, 0.15) is 0 Å². The minimum absolute atomic E-state index is 0.0237. The Kier molecular flexibility index (Phi) is 5.63. The SMILES string of the molecule is NS(=O)(=O)c1ccc(N2C(=O)CC(c3ccncc3)C3=C2CC(c2ccccc2)CC3=O)cc1. The molecule has 2 atom stereocenters. The number of primary sulfonamides is 1. The van der Waals surface area contributed by atoms with Crippen molar-refractivity contribution in [1.82, 2.24) is 4.98 Å². The van der Waals surface area contributed by atoms with Gasteiger partial charge in [-0.2, -0.15) is 0 Å². The maximum Gasteiger partial charge on any atom is 0.238 e. The van der Waals surface area contributed by atoms with Crippen LogP contribution in [0.3, 0.4) is 0 Å². The Morgan fingerprint density at radius 3 is 2.15 bits per heavy atom. The van der Waals surface area contributed by atoms with Crippen LogP contribution in [-0.4, -0.2) is 25.1 Å². The van der Waals surface area contributed by atoms with E-state index < -0.39 is 10.0 Å². The van der Waals surface area contributed by atoms with Crippen LogP contribution in [-0.2, 0) is 19.6 Å². The van der Waals surface area contributed by atoms with Crippen molar-refractivity contribution >= 4 is 27.4 Å². The zero-order valence-electron chi connectivity index (χ0n) is 18.3. The molecular formula is C26H23N3O4S. The van der Waals surface area contributed by atoms with Gasteiger partial charge in [0.2, 0.25) is 15.9 Å². The summed E-state index contributed by atoms with van der Waals surface area (Å²) in [6.07, 6.45) is 4.37. The van der Waals surface area contributed by atoms with E-state index in [0.717, 1.165) is 11.1 Å². The number of hydrogen-bond acceptors (Lipinski definition) is 5. The van der Waals surface area contributed by atoms with Crippen molar-refractivity contribution in [2.75, 3.05) is 4.90 Å². The first-order chi connectivity index (χ1) is 16.3. The summed E-state index contributed by atoms with van der Waals surface area (Å²) in [5.41, 5.74) is 3.76. The highest BCUT2D eigenvalue weighted by atomic mass is 32.2. The summed E-state index contributed by atoms with van der Waals surface area (Å²) < 4.78 is 23.4. The molecule has 2 unspecified atom stereocenters. The number of carbonyl (C=O) groups excluding carboxylic acids is 2. The lowest BCUT2D eigenvalue weighted by atomic mass is 9.73. The molecule has 5 rings (SSSR count). The molecule has 0 radical (unpaired) electrons. The molecular weight excluding hydrogens is 450 g/mol. The molecule has 0 fully saturated rings. The van der Waals surface area contributed by atoms with Crippen LogP contribution in [0, 0.1) is 0 Å². The molecule has 172 valence electrons. The number of anilines is 1. The third kappa shape index (κ3) is 4.06. The van der Waals surface area contributed by atoms with E-state index in [-0.39, 0.29) is 34.8 Å². The number of amides is 1. The molecule has 0 bridgehead atoms. The van der Waals surface area contributed by atoms with Crippen LogP contribution in [0.5, 0.6) is 0 Å². The summed E-state index contributed by atoms with van der Waals surface area (Å²) in [5.74, 6) is -0.515. The van der Waals surface area contributed by atoms with Crippen LogP contribution >= 0.6 is 0 Å². The van der Waals surface area contributed by atoms with Gasteiger partial charge in [0.15, 0.2) is 5.78 Å². The first-order valence-corrected chi connectivity index (χ1v) is 12.5. The summed E-state index contributed by atoms with van der Waals surface area (Å²) in [7, 11) is -3.86. The van der Waals surface area contributed by atoms with E-state index >= 15 is 0 Å². The number of sulfonamides is 1. The lowest BCUT2D eigenvalue weighted by Gasteiger charge is -2.40. The quantitative estimate of drug-likeness (QED) is 0.622. The predicted molar refractivity (Wildman–Crippen MR) is 127 cm³/mol. The van der Waals surface area contributed by atoms with Crippen molar-refractivity contribution in [3.8, 4) is 0 Å². The van der Waals surface area contributed by atoms with Crippen molar-refractivity contribution in [1.29, 1.82) is 0 Å². The minimum Gasteiger partial charge on any atom is -0.294 e. The summed E-state index contributed by atoms with van der Waals surface area (Å²) >= 11 is 0. The van der Waals surface area contributed by atoms with Crippen LogP contribution in [0.2, 0.25) is 0 Å². The normalized spacial score (nSPS) is 20.9. The first kappa shape index (κ1) is 22.2. The molecule has 0 saturated carbocycles. The van der Waals surface area contributed by atoms with E-state index in [1.807, 2.05) is 42.5 Å². The Morgan fingerprint density at radius 2 is 1.50 bits per heavy atom. The molecule has 2 aliphatic rings. The molecule has 0 saturated heterocycles. The first-order valence-electron chi connectivity index (χ1n) is 11.0. The number of aromatic nitrogens is 1. The minimum atomic E-state index is -3.86. The second kappa shape index (κ2) is 8.62. The number of hydrogen-bond donors (Lipinski definition) is 1. The van der Waals surface area contributed by atoms with E-state index in [9.17, 15) is 18.0 Å². The Balaban J connectivity index is 1.64. The highest BCUT2D eigenvalue weighted by molar-refractivity contribution is 7.89. The van der Waals surface area contributed by atoms with Gasteiger partial charge in [0.25, 0.3) is 0 Å². The van der Waals surface area contributed by atoms with Gasteiger partial charge in [-0.25, -0.2) is 13.6 Å². The zero-order chi connectivity index (χ0) is 23.9. The van der Waals surface area contributed by atoms with Gasteiger partial charge in [-0.3, -0.25) is 19.5 Å². The number of pyridine rings is 1. The summed E-state index contributed by atoms with van der Waals surface area (Å²) in [5, 5.41) is 5.23. The van der Waals surface area contributed by atoms with Crippen LogP contribution < -0.4 is 10.0 Å². The van der Waals surface area contributed by atoms with Gasteiger partial charge in [-0.05, 0) is 59.9 Å². The molecule has 1 aliphatic carbocycles. The van der Waals surface area contributed by atoms with Crippen molar-refractivity contribution in [3.63, 3.8) is 0 Å². The Bertz CT molecular complexity index is 1380. The molecule has 0 spiro atoms. The lowest BCUT2D eigenvalue weighted by Crippen LogP contribution is -2.41. The van der Waals surface area contributed by atoms with Crippen LogP contribution in [0.1, 0.15) is 42.2 Å². The second-order valence-corrected chi connectivity index (χ2v) is 10.2. The molecule has 34 heavy (non-hydrogen) atoms. The molecule has 3 aromatic rings. The van der Waals surface area contributed by atoms with E-state index in [4.69, 9.17) is 5.14 Å². The number of nitrogens with two attached hydrogens (primary N) is 1. The van der Waals surface area contributed by atoms with Gasteiger partial charge < -0.3 is 0 Å². The van der Waals surface area contributed by atoms with Crippen LogP contribution in [0.15, 0.2) is 95.3 Å². The van der Waals surface area contributed by atoms with Gasteiger partial charge >= 0.3 is 0 Å². The predicted octanol–water partition coefficient (Wildman–Crippen LogP) is 3.65.